The summed E-state index contributed by atoms with van der Waals surface area (Å²) in [5.41, 5.74) is 11.5. The summed E-state index contributed by atoms with van der Waals surface area (Å²) in [5.74, 6) is 1.86. The van der Waals surface area contributed by atoms with E-state index < -0.39 is 11.2 Å². The number of benzene rings is 1. The average Bonchev–Trinajstić information content (AvgIpc) is 3.30. The Morgan fingerprint density at radius 3 is 2.73 bits per heavy atom. The Morgan fingerprint density at radius 2 is 1.97 bits per heavy atom. The van der Waals surface area contributed by atoms with Gasteiger partial charge in [0.05, 0.1) is 0 Å². The molecule has 2 unspecified atom stereocenters. The molecule has 6 nitrogen and oxygen atoms in total. The zero-order chi connectivity index (χ0) is 21.3. The van der Waals surface area contributed by atoms with Crippen molar-refractivity contribution in [2.75, 3.05) is 5.73 Å². The topological polar surface area (TPSA) is 106 Å². The molecule has 4 N–H and O–H groups in total. The Balaban J connectivity index is 1.63. The molecule has 4 aromatic rings. The van der Waals surface area contributed by atoms with Gasteiger partial charge in [0.25, 0.3) is 0 Å². The maximum Gasteiger partial charge on any atom is 0.160 e. The zero-order valence-electron chi connectivity index (χ0n) is 17.8. The van der Waals surface area contributed by atoms with Gasteiger partial charge in [-0.25, -0.2) is 9.97 Å². The number of aromatic nitrogens is 4. The Hall–Kier alpha value is -2.51. The second kappa shape index (κ2) is 8.70. The molecule has 4 rings (SSSR count). The first-order valence-corrected chi connectivity index (χ1v) is 12.0. The molecular weight excluding hydrogens is 394 g/mol. The van der Waals surface area contributed by atoms with Crippen LogP contribution in [0.25, 0.3) is 33.3 Å². The van der Waals surface area contributed by atoms with Gasteiger partial charge in [-0.3, -0.25) is 0 Å². The van der Waals surface area contributed by atoms with Gasteiger partial charge >= 0.3 is 0 Å². The number of rotatable bonds is 8. The van der Waals surface area contributed by atoms with Gasteiger partial charge in [-0.15, -0.1) is 0 Å². The Labute approximate surface area is 179 Å². The predicted octanol–water partition coefficient (Wildman–Crippen LogP) is 5.21. The van der Waals surface area contributed by atoms with E-state index in [4.69, 9.17) is 5.73 Å². The van der Waals surface area contributed by atoms with Crippen LogP contribution in [-0.4, -0.2) is 29.7 Å². The Kier molecular flexibility index (Phi) is 6.01. The molecule has 0 radical (unpaired) electrons. The molecule has 0 fully saturated rings. The number of aromatic amines is 2. The summed E-state index contributed by atoms with van der Waals surface area (Å²) < 4.78 is 12.9. The number of unbranched alkanes of at least 4 members (excludes halogenated alkanes) is 1. The number of nitrogen functional groups attached to an aromatic ring is 1. The van der Waals surface area contributed by atoms with Gasteiger partial charge in [0.2, 0.25) is 0 Å². The fourth-order valence-corrected chi connectivity index (χ4v) is 5.53. The van der Waals surface area contributed by atoms with Crippen LogP contribution in [-0.2, 0) is 16.9 Å². The first-order valence-electron chi connectivity index (χ1n) is 10.6. The van der Waals surface area contributed by atoms with E-state index in [0.717, 1.165) is 64.7 Å². The van der Waals surface area contributed by atoms with E-state index in [-0.39, 0.29) is 5.25 Å². The van der Waals surface area contributed by atoms with Crippen LogP contribution in [0.15, 0.2) is 30.3 Å². The molecule has 0 saturated heterocycles. The number of aryl methyl sites for hydroxylation is 1. The van der Waals surface area contributed by atoms with Gasteiger partial charge in [-0.1, -0.05) is 26.3 Å². The van der Waals surface area contributed by atoms with Crippen LogP contribution in [0.3, 0.4) is 0 Å². The summed E-state index contributed by atoms with van der Waals surface area (Å²) in [6.45, 7) is 6.22. The van der Waals surface area contributed by atoms with E-state index in [1.165, 1.54) is 0 Å². The molecule has 0 amide bonds. The minimum atomic E-state index is -0.850. The minimum absolute atomic E-state index is 0.276. The van der Waals surface area contributed by atoms with Crippen molar-refractivity contribution in [1.82, 2.24) is 19.9 Å². The van der Waals surface area contributed by atoms with Crippen molar-refractivity contribution in [3.05, 3.63) is 41.7 Å². The lowest BCUT2D eigenvalue weighted by atomic mass is 10.1. The molecule has 0 aliphatic heterocycles. The van der Waals surface area contributed by atoms with Crippen LogP contribution < -0.4 is 5.73 Å². The molecule has 3 aromatic heterocycles. The van der Waals surface area contributed by atoms with Crippen molar-refractivity contribution in [2.45, 2.75) is 57.5 Å². The van der Waals surface area contributed by atoms with E-state index >= 15 is 0 Å². The molecule has 3 heterocycles. The number of imidazole rings is 1. The molecule has 0 saturated carbocycles. The van der Waals surface area contributed by atoms with Crippen LogP contribution >= 0.6 is 0 Å². The number of hydrogen-bond donors (Lipinski definition) is 3. The lowest BCUT2D eigenvalue weighted by Gasteiger charge is -2.20. The van der Waals surface area contributed by atoms with Gasteiger partial charge in [-0.05, 0) is 61.6 Å². The first kappa shape index (κ1) is 20.8. The third-order valence-electron chi connectivity index (χ3n) is 5.58. The van der Waals surface area contributed by atoms with Crippen LogP contribution in [0.5, 0.6) is 0 Å². The van der Waals surface area contributed by atoms with Crippen molar-refractivity contribution in [3.63, 3.8) is 0 Å². The number of nitrogens with one attached hydrogen (secondary N) is 2. The van der Waals surface area contributed by atoms with Crippen molar-refractivity contribution in [1.29, 1.82) is 0 Å². The average molecular weight is 424 g/mol. The van der Waals surface area contributed by atoms with Crippen LogP contribution in [0.4, 0.5) is 5.82 Å². The molecule has 0 aliphatic carbocycles. The number of nitrogens with two attached hydrogens (primary N) is 1. The highest BCUT2D eigenvalue weighted by molar-refractivity contribution is 7.91. The predicted molar refractivity (Wildman–Crippen MR) is 126 cm³/mol. The molecular formula is C23H29N5OS. The van der Waals surface area contributed by atoms with E-state index in [2.05, 4.69) is 58.0 Å². The van der Waals surface area contributed by atoms with Crippen molar-refractivity contribution < 1.29 is 4.55 Å². The summed E-state index contributed by atoms with van der Waals surface area (Å²) in [4.78, 5) is 15.5. The fraction of sp³-hybridized carbons (Fsp3) is 0.391. The molecule has 30 heavy (non-hydrogen) atoms. The first-order chi connectivity index (χ1) is 14.5. The molecule has 2 atom stereocenters. The largest absolute Gasteiger partial charge is 0.616 e. The summed E-state index contributed by atoms with van der Waals surface area (Å²) in [7, 11) is 0. The van der Waals surface area contributed by atoms with E-state index in [1.807, 2.05) is 13.0 Å². The number of nitrogens with zero attached hydrogens (tertiary/aromatic N) is 2. The normalized spacial score (nSPS) is 13.9. The lowest BCUT2D eigenvalue weighted by molar-refractivity contribution is 0.556. The highest BCUT2D eigenvalue weighted by Crippen LogP contribution is 2.31. The number of H-pyrrole nitrogens is 2. The standard InChI is InChI=1S/C23H29N5OS/c1-4-6-7-17(5-2)30(29)13-15-8-9-19-16(10-15)11-20(27-19)18-12-21(24)28-23-22(18)25-14(3)26-23/h8-12,17,27H,4-7,13H2,1-3H3,(H3,24,25,26,28). The molecule has 0 bridgehead atoms. The van der Waals surface area contributed by atoms with E-state index in [1.54, 1.807) is 0 Å². The molecule has 1 aromatic carbocycles. The summed E-state index contributed by atoms with van der Waals surface area (Å²) in [6, 6.07) is 10.2. The third kappa shape index (κ3) is 4.18. The monoisotopic (exact) mass is 423 g/mol. The summed E-state index contributed by atoms with van der Waals surface area (Å²) >= 11 is -0.850. The van der Waals surface area contributed by atoms with Gasteiger partial charge in [0.1, 0.15) is 28.2 Å². The minimum Gasteiger partial charge on any atom is -0.616 e. The van der Waals surface area contributed by atoms with E-state index in [9.17, 15) is 4.55 Å². The molecule has 7 heteroatoms. The van der Waals surface area contributed by atoms with Crippen molar-refractivity contribution in [3.8, 4) is 11.3 Å². The number of anilines is 1. The fourth-order valence-electron chi connectivity index (χ4n) is 3.98. The Bertz CT molecular complexity index is 1170. The SMILES string of the molecule is CCCCC(CC)[S+]([O-])Cc1ccc2[nH]c(-c3cc(N)nc4[nH]c(C)nc34)cc2c1. The van der Waals surface area contributed by atoms with Crippen molar-refractivity contribution >= 4 is 39.1 Å². The van der Waals surface area contributed by atoms with Crippen LogP contribution in [0, 0.1) is 6.92 Å². The quantitative estimate of drug-likeness (QED) is 0.338. The van der Waals surface area contributed by atoms with Gasteiger partial charge in [-0.2, -0.15) is 0 Å². The smallest absolute Gasteiger partial charge is 0.160 e. The maximum absolute atomic E-state index is 12.9. The zero-order valence-corrected chi connectivity index (χ0v) is 18.6. The molecule has 158 valence electrons. The van der Waals surface area contributed by atoms with Gasteiger partial charge in [0.15, 0.2) is 5.65 Å². The summed E-state index contributed by atoms with van der Waals surface area (Å²) in [5, 5.41) is 1.37. The maximum atomic E-state index is 12.9. The molecule has 0 aliphatic rings. The highest BCUT2D eigenvalue weighted by atomic mass is 32.2. The Morgan fingerprint density at radius 1 is 1.13 bits per heavy atom. The van der Waals surface area contributed by atoms with E-state index in [0.29, 0.717) is 17.2 Å². The highest BCUT2D eigenvalue weighted by Gasteiger charge is 2.21. The van der Waals surface area contributed by atoms with Gasteiger partial charge < -0.3 is 20.3 Å². The van der Waals surface area contributed by atoms with Gasteiger partial charge in [0, 0.05) is 27.7 Å². The third-order valence-corrected chi connectivity index (χ3v) is 7.51. The second-order valence-corrected chi connectivity index (χ2v) is 9.63. The number of pyridine rings is 1. The summed E-state index contributed by atoms with van der Waals surface area (Å²) in [6.07, 6.45) is 4.29. The van der Waals surface area contributed by atoms with Crippen molar-refractivity contribution in [2.24, 2.45) is 0 Å². The van der Waals surface area contributed by atoms with Crippen LogP contribution in [0.2, 0.25) is 0 Å². The second-order valence-electron chi connectivity index (χ2n) is 7.92. The number of hydrogen-bond acceptors (Lipinski definition) is 4. The molecule has 0 spiro atoms. The lowest BCUT2D eigenvalue weighted by Crippen LogP contribution is -2.22. The van der Waals surface area contributed by atoms with Crippen LogP contribution in [0.1, 0.15) is 50.9 Å². The number of fused-ring (bicyclic) bond motifs is 2.